The smallest absolute Gasteiger partial charge is 0.254 e. The lowest BCUT2D eigenvalue weighted by Crippen LogP contribution is -2.41. The highest BCUT2D eigenvalue weighted by atomic mass is 35.5. The molecule has 0 unspecified atom stereocenters. The van der Waals surface area contributed by atoms with Crippen molar-refractivity contribution in [3.05, 3.63) is 34.1 Å². The maximum atomic E-state index is 14.4. The first-order valence-corrected chi connectivity index (χ1v) is 11.2. The van der Waals surface area contributed by atoms with Gasteiger partial charge in [-0.25, -0.2) is 17.5 Å². The number of hydrogen-bond donors (Lipinski definition) is 1. The molecule has 0 bridgehead atoms. The number of nitrogens with zero attached hydrogens (tertiary/aromatic N) is 1. The standard InChI is InChI=1S/C18H22ClFN2O6S/c19-15-10-12(18(24)22-3-7-28-8-4-22)9-14(17(15)20)16(23)11-21-29(25,26)13-1-5-27-6-2-13/h9-10,13,21H,1-8,11H2. The van der Waals surface area contributed by atoms with Gasteiger partial charge in [-0.15, -0.1) is 0 Å². The van der Waals surface area contributed by atoms with Crippen molar-refractivity contribution in [2.24, 2.45) is 0 Å². The van der Waals surface area contributed by atoms with Gasteiger partial charge in [0.2, 0.25) is 10.0 Å². The molecule has 29 heavy (non-hydrogen) atoms. The van der Waals surface area contributed by atoms with Crippen molar-refractivity contribution in [2.75, 3.05) is 46.1 Å². The van der Waals surface area contributed by atoms with Crippen molar-refractivity contribution >= 4 is 33.3 Å². The molecule has 3 rings (SSSR count). The first-order chi connectivity index (χ1) is 13.8. The molecule has 160 valence electrons. The fourth-order valence-corrected chi connectivity index (χ4v) is 4.83. The first-order valence-electron chi connectivity index (χ1n) is 9.25. The largest absolute Gasteiger partial charge is 0.381 e. The number of rotatable bonds is 6. The summed E-state index contributed by atoms with van der Waals surface area (Å²) in [4.78, 5) is 26.6. The number of halogens is 2. The highest BCUT2D eigenvalue weighted by molar-refractivity contribution is 7.90. The van der Waals surface area contributed by atoms with E-state index >= 15 is 0 Å². The minimum atomic E-state index is -3.75. The lowest BCUT2D eigenvalue weighted by molar-refractivity contribution is 0.0303. The SMILES string of the molecule is O=C(CNS(=O)(=O)C1CCOCC1)c1cc(C(=O)N2CCOCC2)cc(Cl)c1F. The van der Waals surface area contributed by atoms with Crippen LogP contribution in [0.4, 0.5) is 4.39 Å². The second-order valence-electron chi connectivity index (χ2n) is 6.83. The van der Waals surface area contributed by atoms with Crippen molar-refractivity contribution in [1.82, 2.24) is 9.62 Å². The van der Waals surface area contributed by atoms with Crippen LogP contribution in [-0.4, -0.2) is 76.3 Å². The number of benzene rings is 1. The predicted octanol–water partition coefficient (Wildman–Crippen LogP) is 1.23. The summed E-state index contributed by atoms with van der Waals surface area (Å²) in [6.45, 7) is 1.57. The fourth-order valence-electron chi connectivity index (χ4n) is 3.23. The molecule has 0 spiro atoms. The monoisotopic (exact) mass is 448 g/mol. The van der Waals surface area contributed by atoms with Gasteiger partial charge in [0, 0.05) is 31.9 Å². The topological polar surface area (TPSA) is 102 Å². The third-order valence-corrected chi connectivity index (χ3v) is 7.09. The van der Waals surface area contributed by atoms with Crippen molar-refractivity contribution in [3.63, 3.8) is 0 Å². The Kier molecular flexibility index (Phi) is 7.23. The highest BCUT2D eigenvalue weighted by Gasteiger charge is 2.29. The zero-order valence-corrected chi connectivity index (χ0v) is 17.2. The number of sulfonamides is 1. The summed E-state index contributed by atoms with van der Waals surface area (Å²) in [7, 11) is -3.75. The Labute approximate surface area is 173 Å². The van der Waals surface area contributed by atoms with Gasteiger partial charge in [-0.2, -0.15) is 0 Å². The van der Waals surface area contributed by atoms with E-state index < -0.39 is 44.9 Å². The number of morpholine rings is 1. The number of amides is 1. The summed E-state index contributed by atoms with van der Waals surface area (Å²) >= 11 is 5.88. The normalized spacial score (nSPS) is 18.6. The minimum absolute atomic E-state index is 0.0638. The van der Waals surface area contributed by atoms with E-state index in [1.807, 2.05) is 0 Å². The summed E-state index contributed by atoms with van der Waals surface area (Å²) in [5, 5.41) is -1.04. The van der Waals surface area contributed by atoms with Gasteiger partial charge in [-0.05, 0) is 25.0 Å². The van der Waals surface area contributed by atoms with E-state index in [4.69, 9.17) is 21.1 Å². The van der Waals surface area contributed by atoms with Gasteiger partial charge in [0.05, 0.1) is 35.6 Å². The van der Waals surface area contributed by atoms with E-state index in [1.165, 1.54) is 4.90 Å². The molecule has 0 atom stereocenters. The van der Waals surface area contributed by atoms with Gasteiger partial charge in [-0.1, -0.05) is 11.6 Å². The van der Waals surface area contributed by atoms with E-state index in [0.29, 0.717) is 52.4 Å². The molecule has 2 aliphatic rings. The summed E-state index contributed by atoms with van der Waals surface area (Å²) < 4.78 is 51.7. The second kappa shape index (κ2) is 9.48. The Balaban J connectivity index is 1.74. The van der Waals surface area contributed by atoms with Crippen molar-refractivity contribution in [3.8, 4) is 0 Å². The molecule has 1 aromatic carbocycles. The van der Waals surface area contributed by atoms with Gasteiger partial charge in [-0.3, -0.25) is 9.59 Å². The maximum Gasteiger partial charge on any atom is 0.254 e. The van der Waals surface area contributed by atoms with Crippen LogP contribution >= 0.6 is 11.6 Å². The Hall–Kier alpha value is -1.59. The van der Waals surface area contributed by atoms with Gasteiger partial charge in [0.25, 0.3) is 5.91 Å². The van der Waals surface area contributed by atoms with Crippen LogP contribution in [0.2, 0.25) is 5.02 Å². The molecule has 0 radical (unpaired) electrons. The average Bonchev–Trinajstić information content (AvgIpc) is 2.74. The Morgan fingerprint density at radius 2 is 1.76 bits per heavy atom. The summed E-state index contributed by atoms with van der Waals surface area (Å²) in [5.41, 5.74) is -0.363. The predicted molar refractivity (Wildman–Crippen MR) is 103 cm³/mol. The molecule has 2 aliphatic heterocycles. The quantitative estimate of drug-likeness (QED) is 0.657. The molecule has 2 saturated heterocycles. The molecular weight excluding hydrogens is 427 g/mol. The lowest BCUT2D eigenvalue weighted by Gasteiger charge is -2.27. The fraction of sp³-hybridized carbons (Fsp3) is 0.556. The van der Waals surface area contributed by atoms with Crippen LogP contribution in [0.25, 0.3) is 0 Å². The van der Waals surface area contributed by atoms with E-state index in [-0.39, 0.29) is 10.6 Å². The van der Waals surface area contributed by atoms with Crippen molar-refractivity contribution < 1.29 is 31.9 Å². The van der Waals surface area contributed by atoms with E-state index in [9.17, 15) is 22.4 Å². The van der Waals surface area contributed by atoms with Crippen LogP contribution in [0.15, 0.2) is 12.1 Å². The van der Waals surface area contributed by atoms with Crippen molar-refractivity contribution in [1.29, 1.82) is 0 Å². The average molecular weight is 449 g/mol. The summed E-state index contributed by atoms with van der Waals surface area (Å²) in [5.74, 6) is -2.19. The molecule has 2 heterocycles. The van der Waals surface area contributed by atoms with Gasteiger partial charge in [0.1, 0.15) is 0 Å². The number of ketones is 1. The number of nitrogens with one attached hydrogen (secondary N) is 1. The molecule has 11 heteroatoms. The second-order valence-corrected chi connectivity index (χ2v) is 9.28. The van der Waals surface area contributed by atoms with Gasteiger partial charge in [0.15, 0.2) is 11.6 Å². The molecule has 0 aliphatic carbocycles. The number of hydrogen-bond acceptors (Lipinski definition) is 6. The number of Topliss-reactive ketones (excluding diaryl/α,β-unsaturated/α-hetero) is 1. The summed E-state index contributed by atoms with van der Waals surface area (Å²) in [6.07, 6.45) is 0.653. The van der Waals surface area contributed by atoms with Crippen LogP contribution in [0.3, 0.4) is 0 Å². The van der Waals surface area contributed by atoms with E-state index in [2.05, 4.69) is 4.72 Å². The Morgan fingerprint density at radius 1 is 1.14 bits per heavy atom. The number of carbonyl (C=O) groups is 2. The van der Waals surface area contributed by atoms with Crippen LogP contribution in [-0.2, 0) is 19.5 Å². The van der Waals surface area contributed by atoms with Crippen LogP contribution in [0.5, 0.6) is 0 Å². The maximum absolute atomic E-state index is 14.4. The van der Waals surface area contributed by atoms with E-state index in [0.717, 1.165) is 12.1 Å². The van der Waals surface area contributed by atoms with Gasteiger partial charge >= 0.3 is 0 Å². The molecule has 1 aromatic rings. The Morgan fingerprint density at radius 3 is 2.41 bits per heavy atom. The first kappa shape index (κ1) is 22.1. The number of ether oxygens (including phenoxy) is 2. The third-order valence-electron chi connectivity index (χ3n) is 4.91. The molecule has 0 aromatic heterocycles. The van der Waals surface area contributed by atoms with Crippen LogP contribution in [0.1, 0.15) is 33.6 Å². The minimum Gasteiger partial charge on any atom is -0.381 e. The molecule has 1 N–H and O–H groups in total. The van der Waals surface area contributed by atoms with Crippen molar-refractivity contribution in [2.45, 2.75) is 18.1 Å². The highest BCUT2D eigenvalue weighted by Crippen LogP contribution is 2.23. The molecule has 8 nitrogen and oxygen atoms in total. The third kappa shape index (κ3) is 5.32. The zero-order chi connectivity index (χ0) is 21.0. The zero-order valence-electron chi connectivity index (χ0n) is 15.7. The Bertz CT molecular complexity index is 883. The van der Waals surface area contributed by atoms with Crippen LogP contribution < -0.4 is 4.72 Å². The molecule has 1 amide bonds. The van der Waals surface area contributed by atoms with Gasteiger partial charge < -0.3 is 14.4 Å². The van der Waals surface area contributed by atoms with Crippen LogP contribution in [0, 0.1) is 5.82 Å². The lowest BCUT2D eigenvalue weighted by atomic mass is 10.1. The van der Waals surface area contributed by atoms with E-state index in [1.54, 1.807) is 0 Å². The molecular formula is C18H22ClFN2O6S. The molecule has 2 fully saturated rings. The molecule has 0 saturated carbocycles. The summed E-state index contributed by atoms with van der Waals surface area (Å²) in [6, 6.07) is 2.28. The number of carbonyl (C=O) groups excluding carboxylic acids is 2.